The zero-order chi connectivity index (χ0) is 18.8. The van der Waals surface area contributed by atoms with Crippen molar-refractivity contribution in [1.82, 2.24) is 0 Å². The van der Waals surface area contributed by atoms with Gasteiger partial charge < -0.3 is 9.84 Å². The summed E-state index contributed by atoms with van der Waals surface area (Å²) in [5.41, 5.74) is -4.97. The monoisotopic (exact) mass is 362 g/mol. The second-order valence-corrected chi connectivity index (χ2v) is 6.05. The third-order valence-corrected chi connectivity index (χ3v) is 4.55. The maximum atomic E-state index is 13.1. The number of carbonyl (C=O) groups is 1. The summed E-state index contributed by atoms with van der Waals surface area (Å²) in [5, 5.41) is 9.57. The van der Waals surface area contributed by atoms with Gasteiger partial charge in [0.15, 0.2) is 0 Å². The molecule has 1 aliphatic carbocycles. The number of carbonyl (C=O) groups excluding carboxylic acids is 1. The van der Waals surface area contributed by atoms with Crippen molar-refractivity contribution >= 4 is 5.97 Å². The van der Waals surface area contributed by atoms with Gasteiger partial charge in [-0.05, 0) is 18.8 Å². The lowest BCUT2D eigenvalue weighted by Gasteiger charge is -2.43. The topological polar surface area (TPSA) is 46.5 Å². The van der Waals surface area contributed by atoms with Crippen LogP contribution in [-0.4, -0.2) is 35.1 Å². The van der Waals surface area contributed by atoms with Crippen molar-refractivity contribution < 1.29 is 41.0 Å². The van der Waals surface area contributed by atoms with Gasteiger partial charge in [0, 0.05) is 12.0 Å². The molecule has 0 spiro atoms. The van der Waals surface area contributed by atoms with Gasteiger partial charge in [-0.3, -0.25) is 0 Å². The first-order chi connectivity index (χ1) is 10.9. The highest BCUT2D eigenvalue weighted by Crippen LogP contribution is 2.50. The minimum absolute atomic E-state index is 0.325. The first-order valence-electron chi connectivity index (χ1n) is 7.55. The van der Waals surface area contributed by atoms with Crippen LogP contribution in [0.5, 0.6) is 0 Å². The average Bonchev–Trinajstić information content (AvgIpc) is 2.49. The zero-order valence-corrected chi connectivity index (χ0v) is 13.1. The van der Waals surface area contributed by atoms with E-state index in [1.54, 1.807) is 0 Å². The minimum Gasteiger partial charge on any atom is -0.459 e. The molecule has 0 radical (unpaired) electrons. The van der Waals surface area contributed by atoms with Gasteiger partial charge in [0.25, 0.3) is 5.60 Å². The van der Waals surface area contributed by atoms with E-state index in [2.05, 4.69) is 6.58 Å². The Balaban J connectivity index is 3.26. The van der Waals surface area contributed by atoms with Gasteiger partial charge >= 0.3 is 18.3 Å². The number of aliphatic hydroxyl groups is 1. The van der Waals surface area contributed by atoms with Crippen LogP contribution in [0.3, 0.4) is 0 Å². The van der Waals surface area contributed by atoms with Crippen LogP contribution in [0.4, 0.5) is 26.3 Å². The second kappa shape index (κ2) is 7.33. The molecule has 140 valence electrons. The molecule has 0 aromatic heterocycles. The van der Waals surface area contributed by atoms with Crippen LogP contribution in [0, 0.1) is 11.8 Å². The summed E-state index contributed by atoms with van der Waals surface area (Å²) in [6.45, 7) is 3.70. The third kappa shape index (κ3) is 4.04. The molecular weight excluding hydrogens is 342 g/mol. The van der Waals surface area contributed by atoms with Crippen molar-refractivity contribution in [2.45, 2.75) is 63.1 Å². The average molecular weight is 362 g/mol. The van der Waals surface area contributed by atoms with Crippen molar-refractivity contribution in [3.63, 3.8) is 0 Å². The van der Waals surface area contributed by atoms with Gasteiger partial charge in [-0.2, -0.15) is 26.3 Å². The molecule has 1 N–H and O–H groups in total. The fraction of sp³-hybridized carbons (Fsp3) is 0.800. The molecule has 0 amide bonds. The first-order valence-corrected chi connectivity index (χ1v) is 7.55. The van der Waals surface area contributed by atoms with E-state index in [9.17, 15) is 36.2 Å². The maximum absolute atomic E-state index is 13.1. The molecule has 0 saturated heterocycles. The van der Waals surface area contributed by atoms with E-state index in [1.807, 2.05) is 0 Å². The van der Waals surface area contributed by atoms with Crippen LogP contribution in [0.1, 0.15) is 39.0 Å². The minimum atomic E-state index is -5.96. The number of halogens is 6. The summed E-state index contributed by atoms with van der Waals surface area (Å²) in [4.78, 5) is 11.4. The van der Waals surface area contributed by atoms with Crippen LogP contribution in [0.25, 0.3) is 0 Å². The molecule has 2 atom stereocenters. The van der Waals surface area contributed by atoms with Crippen LogP contribution in [0.15, 0.2) is 12.7 Å². The quantitative estimate of drug-likeness (QED) is 0.454. The summed E-state index contributed by atoms with van der Waals surface area (Å²) >= 11 is 0. The summed E-state index contributed by atoms with van der Waals surface area (Å²) < 4.78 is 83.2. The fourth-order valence-corrected chi connectivity index (χ4v) is 3.17. The fourth-order valence-electron chi connectivity index (χ4n) is 3.17. The van der Waals surface area contributed by atoms with E-state index in [1.165, 1.54) is 0 Å². The largest absolute Gasteiger partial charge is 0.459 e. The molecule has 3 nitrogen and oxygen atoms in total. The first kappa shape index (κ1) is 20.8. The van der Waals surface area contributed by atoms with E-state index in [0.29, 0.717) is 38.7 Å². The summed E-state index contributed by atoms with van der Waals surface area (Å²) in [5.74, 6) is -4.22. The summed E-state index contributed by atoms with van der Waals surface area (Å²) in [7, 11) is 0. The lowest BCUT2D eigenvalue weighted by Crippen LogP contribution is -2.64. The molecule has 1 aliphatic rings. The maximum Gasteiger partial charge on any atom is 0.426 e. The summed E-state index contributed by atoms with van der Waals surface area (Å²) in [6.07, 6.45) is -10.3. The normalized spacial score (nSPS) is 20.3. The highest BCUT2D eigenvalue weighted by atomic mass is 19.4. The molecule has 2 unspecified atom stereocenters. The van der Waals surface area contributed by atoms with Gasteiger partial charge in [-0.1, -0.05) is 32.8 Å². The van der Waals surface area contributed by atoms with E-state index in [-0.39, 0.29) is 0 Å². The van der Waals surface area contributed by atoms with Crippen molar-refractivity contribution in [3.8, 4) is 0 Å². The van der Waals surface area contributed by atoms with E-state index in [0.717, 1.165) is 6.42 Å². The Morgan fingerprint density at radius 1 is 1.12 bits per heavy atom. The van der Waals surface area contributed by atoms with Gasteiger partial charge in [0.05, 0.1) is 0 Å². The Morgan fingerprint density at radius 3 is 1.96 bits per heavy atom. The van der Waals surface area contributed by atoms with Crippen LogP contribution < -0.4 is 0 Å². The Kier molecular flexibility index (Phi) is 6.35. The second-order valence-electron chi connectivity index (χ2n) is 6.05. The number of esters is 1. The van der Waals surface area contributed by atoms with Crippen LogP contribution in [-0.2, 0) is 9.53 Å². The zero-order valence-electron chi connectivity index (χ0n) is 13.1. The lowest BCUT2D eigenvalue weighted by atomic mass is 9.74. The third-order valence-electron chi connectivity index (χ3n) is 4.55. The summed E-state index contributed by atoms with van der Waals surface area (Å²) in [6, 6.07) is 0. The van der Waals surface area contributed by atoms with Gasteiger partial charge in [-0.15, -0.1) is 0 Å². The number of hydrogen-bond acceptors (Lipinski definition) is 3. The van der Waals surface area contributed by atoms with E-state index in [4.69, 9.17) is 4.74 Å². The molecule has 0 aliphatic heterocycles. The lowest BCUT2D eigenvalue weighted by molar-refractivity contribution is -0.390. The number of ether oxygens (including phenoxy) is 1. The number of hydrogen-bond donors (Lipinski definition) is 1. The molecule has 0 aromatic rings. The molecule has 1 fully saturated rings. The number of rotatable bonds is 5. The Bertz CT molecular complexity index is 437. The molecule has 1 saturated carbocycles. The van der Waals surface area contributed by atoms with Gasteiger partial charge in [-0.25, -0.2) is 4.79 Å². The standard InChI is InChI=1S/C15H20F6O3/c1-3-11(22)24-12(10-7-5-4-6-8-10)9(2)13(23,14(16,17)18)15(19,20)21/h3,9-10,12,23H,1,4-8H2,2H3. The van der Waals surface area contributed by atoms with Gasteiger partial charge in [0.2, 0.25) is 0 Å². The van der Waals surface area contributed by atoms with Crippen molar-refractivity contribution in [1.29, 1.82) is 0 Å². The SMILES string of the molecule is C=CC(=O)OC(C1CCCCC1)C(C)C(O)(C(F)(F)F)C(F)(F)F. The number of alkyl halides is 6. The highest BCUT2D eigenvalue weighted by molar-refractivity contribution is 5.81. The van der Waals surface area contributed by atoms with E-state index < -0.39 is 41.9 Å². The van der Waals surface area contributed by atoms with Crippen LogP contribution in [0.2, 0.25) is 0 Å². The van der Waals surface area contributed by atoms with Crippen molar-refractivity contribution in [2.24, 2.45) is 11.8 Å². The van der Waals surface area contributed by atoms with Crippen LogP contribution >= 0.6 is 0 Å². The van der Waals surface area contributed by atoms with Crippen molar-refractivity contribution in [3.05, 3.63) is 12.7 Å². The predicted octanol–water partition coefficient (Wildman–Crippen LogP) is 4.16. The van der Waals surface area contributed by atoms with Gasteiger partial charge in [0.1, 0.15) is 6.10 Å². The Hall–Kier alpha value is -1.25. The molecular formula is C15H20F6O3. The van der Waals surface area contributed by atoms with E-state index >= 15 is 0 Å². The molecule has 9 heteroatoms. The predicted molar refractivity (Wildman–Crippen MR) is 72.9 cm³/mol. The molecule has 0 heterocycles. The molecule has 1 rings (SSSR count). The smallest absolute Gasteiger partial charge is 0.426 e. The Morgan fingerprint density at radius 2 is 1.58 bits per heavy atom. The highest BCUT2D eigenvalue weighted by Gasteiger charge is 2.74. The molecule has 0 bridgehead atoms. The molecule has 0 aromatic carbocycles. The molecule has 24 heavy (non-hydrogen) atoms. The Labute approximate surface area is 135 Å². The van der Waals surface area contributed by atoms with Crippen molar-refractivity contribution in [2.75, 3.05) is 0 Å².